The van der Waals surface area contributed by atoms with E-state index in [-0.39, 0.29) is 18.2 Å². The molecule has 0 aliphatic carbocycles. The normalized spacial score (nSPS) is 10.6. The topological polar surface area (TPSA) is 70.7 Å². The number of anilines is 1. The number of carbonyl (C=O) groups is 2. The second-order valence-electron chi connectivity index (χ2n) is 6.43. The SMILES string of the molecule is CCN(CC)CCNC(=O)c1ccc(NC(=O)Cc2ccc(OC)cc2)cc1. The molecule has 150 valence electrons. The van der Waals surface area contributed by atoms with Crippen LogP contribution >= 0.6 is 0 Å². The Kier molecular flexibility index (Phi) is 8.49. The highest BCUT2D eigenvalue weighted by Crippen LogP contribution is 2.13. The molecule has 0 atom stereocenters. The molecule has 0 radical (unpaired) electrons. The number of likely N-dealkylation sites (N-methyl/N-ethyl adjacent to an activating group) is 1. The van der Waals surface area contributed by atoms with Crippen LogP contribution in [0.5, 0.6) is 5.75 Å². The van der Waals surface area contributed by atoms with Crippen LogP contribution in [0.3, 0.4) is 0 Å². The molecule has 0 saturated carbocycles. The number of hydrogen-bond donors (Lipinski definition) is 2. The van der Waals surface area contributed by atoms with Gasteiger partial charge in [0.2, 0.25) is 5.91 Å². The Bertz CT molecular complexity index is 754. The van der Waals surface area contributed by atoms with Crippen LogP contribution in [0.4, 0.5) is 5.69 Å². The third-order valence-electron chi connectivity index (χ3n) is 4.56. The highest BCUT2D eigenvalue weighted by atomic mass is 16.5. The third-order valence-corrected chi connectivity index (χ3v) is 4.56. The zero-order valence-corrected chi connectivity index (χ0v) is 16.8. The van der Waals surface area contributed by atoms with Gasteiger partial charge in [-0.25, -0.2) is 0 Å². The summed E-state index contributed by atoms with van der Waals surface area (Å²) in [5, 5.41) is 5.77. The van der Waals surface area contributed by atoms with Gasteiger partial charge >= 0.3 is 0 Å². The largest absolute Gasteiger partial charge is 0.497 e. The van der Waals surface area contributed by atoms with Crippen molar-refractivity contribution in [3.05, 3.63) is 59.7 Å². The monoisotopic (exact) mass is 383 g/mol. The Morgan fingerprint density at radius 1 is 0.964 bits per heavy atom. The second-order valence-corrected chi connectivity index (χ2v) is 6.43. The van der Waals surface area contributed by atoms with Crippen LogP contribution in [0.25, 0.3) is 0 Å². The molecular formula is C22H29N3O3. The van der Waals surface area contributed by atoms with Crippen molar-refractivity contribution in [3.8, 4) is 5.75 Å². The predicted molar refractivity (Wildman–Crippen MR) is 112 cm³/mol. The molecule has 6 nitrogen and oxygen atoms in total. The van der Waals surface area contributed by atoms with E-state index in [0.29, 0.717) is 17.8 Å². The first-order chi connectivity index (χ1) is 13.5. The van der Waals surface area contributed by atoms with E-state index < -0.39 is 0 Å². The Morgan fingerprint density at radius 3 is 2.18 bits per heavy atom. The molecule has 6 heteroatoms. The summed E-state index contributed by atoms with van der Waals surface area (Å²) in [4.78, 5) is 26.6. The quantitative estimate of drug-likeness (QED) is 0.662. The molecule has 0 aliphatic rings. The van der Waals surface area contributed by atoms with Gasteiger partial charge in [0.25, 0.3) is 5.91 Å². The molecule has 0 aliphatic heterocycles. The average Bonchev–Trinajstić information content (AvgIpc) is 2.72. The van der Waals surface area contributed by atoms with E-state index in [1.54, 1.807) is 31.4 Å². The van der Waals surface area contributed by atoms with Crippen molar-refractivity contribution < 1.29 is 14.3 Å². The lowest BCUT2D eigenvalue weighted by atomic mass is 10.1. The first kappa shape index (κ1) is 21.4. The lowest BCUT2D eigenvalue weighted by Gasteiger charge is -2.18. The molecule has 0 heterocycles. The van der Waals surface area contributed by atoms with Crippen molar-refractivity contribution in [1.82, 2.24) is 10.2 Å². The standard InChI is InChI=1S/C22H29N3O3/c1-4-25(5-2)15-14-23-22(27)18-8-10-19(11-9-18)24-21(26)16-17-6-12-20(28-3)13-7-17/h6-13H,4-5,14-16H2,1-3H3,(H,23,27)(H,24,26). The Labute approximate surface area is 166 Å². The molecule has 2 aromatic carbocycles. The molecule has 0 spiro atoms. The second kappa shape index (κ2) is 11.1. The van der Waals surface area contributed by atoms with Gasteiger partial charge < -0.3 is 20.3 Å². The minimum atomic E-state index is -0.110. The molecule has 28 heavy (non-hydrogen) atoms. The Balaban J connectivity index is 1.82. The van der Waals surface area contributed by atoms with Crippen LogP contribution in [0, 0.1) is 0 Å². The van der Waals surface area contributed by atoms with Gasteiger partial charge in [0, 0.05) is 24.3 Å². The average molecular weight is 383 g/mol. The smallest absolute Gasteiger partial charge is 0.251 e. The van der Waals surface area contributed by atoms with Gasteiger partial charge in [-0.05, 0) is 55.1 Å². The molecule has 2 aromatic rings. The minimum Gasteiger partial charge on any atom is -0.497 e. The summed E-state index contributed by atoms with van der Waals surface area (Å²) in [6.45, 7) is 7.59. The third kappa shape index (κ3) is 6.70. The number of rotatable bonds is 10. The number of nitrogens with one attached hydrogen (secondary N) is 2. The number of methoxy groups -OCH3 is 1. The van der Waals surface area contributed by atoms with Crippen LogP contribution in [0.1, 0.15) is 29.8 Å². The van der Waals surface area contributed by atoms with Crippen LogP contribution in [-0.4, -0.2) is 50.0 Å². The maximum atomic E-state index is 12.2. The summed E-state index contributed by atoms with van der Waals surface area (Å²) in [5.74, 6) is 0.542. The molecule has 0 unspecified atom stereocenters. The summed E-state index contributed by atoms with van der Waals surface area (Å²) in [6, 6.07) is 14.3. The fourth-order valence-corrected chi connectivity index (χ4v) is 2.81. The molecule has 0 saturated heterocycles. The van der Waals surface area contributed by atoms with E-state index >= 15 is 0 Å². The number of ether oxygens (including phenoxy) is 1. The van der Waals surface area contributed by atoms with Crippen molar-refractivity contribution in [2.45, 2.75) is 20.3 Å². The van der Waals surface area contributed by atoms with Gasteiger partial charge in [-0.2, -0.15) is 0 Å². The van der Waals surface area contributed by atoms with Gasteiger partial charge in [0.1, 0.15) is 5.75 Å². The molecule has 2 rings (SSSR count). The van der Waals surface area contributed by atoms with Gasteiger partial charge in [0.05, 0.1) is 13.5 Å². The lowest BCUT2D eigenvalue weighted by molar-refractivity contribution is -0.115. The maximum Gasteiger partial charge on any atom is 0.251 e. The van der Waals surface area contributed by atoms with E-state index in [9.17, 15) is 9.59 Å². The van der Waals surface area contributed by atoms with Crippen LogP contribution < -0.4 is 15.4 Å². The fourth-order valence-electron chi connectivity index (χ4n) is 2.81. The Morgan fingerprint density at radius 2 is 1.61 bits per heavy atom. The van der Waals surface area contributed by atoms with Crippen molar-refractivity contribution in [1.29, 1.82) is 0 Å². The highest BCUT2D eigenvalue weighted by Gasteiger charge is 2.08. The molecule has 2 N–H and O–H groups in total. The molecule has 0 fully saturated rings. The molecule has 0 aromatic heterocycles. The fraction of sp³-hybridized carbons (Fsp3) is 0.364. The van der Waals surface area contributed by atoms with Crippen molar-refractivity contribution in [2.24, 2.45) is 0 Å². The van der Waals surface area contributed by atoms with E-state index in [4.69, 9.17) is 4.74 Å². The van der Waals surface area contributed by atoms with Gasteiger partial charge in [-0.1, -0.05) is 26.0 Å². The minimum absolute atomic E-state index is 0.108. The zero-order valence-electron chi connectivity index (χ0n) is 16.8. The lowest BCUT2D eigenvalue weighted by Crippen LogP contribution is -2.34. The van der Waals surface area contributed by atoms with E-state index in [1.165, 1.54) is 0 Å². The summed E-state index contributed by atoms with van der Waals surface area (Å²) in [5.41, 5.74) is 2.15. The maximum absolute atomic E-state index is 12.2. The molecule has 2 amide bonds. The first-order valence-electron chi connectivity index (χ1n) is 9.59. The number of amides is 2. The van der Waals surface area contributed by atoms with Gasteiger partial charge in [-0.15, -0.1) is 0 Å². The van der Waals surface area contributed by atoms with Crippen molar-refractivity contribution in [3.63, 3.8) is 0 Å². The summed E-state index contributed by atoms with van der Waals surface area (Å²) < 4.78 is 5.11. The number of carbonyl (C=O) groups excluding carboxylic acids is 2. The van der Waals surface area contributed by atoms with Crippen LogP contribution in [0.2, 0.25) is 0 Å². The van der Waals surface area contributed by atoms with Crippen molar-refractivity contribution >= 4 is 17.5 Å². The van der Waals surface area contributed by atoms with Crippen LogP contribution in [-0.2, 0) is 11.2 Å². The van der Waals surface area contributed by atoms with E-state index in [0.717, 1.165) is 30.9 Å². The highest BCUT2D eigenvalue weighted by molar-refractivity contribution is 5.96. The van der Waals surface area contributed by atoms with Crippen LogP contribution in [0.15, 0.2) is 48.5 Å². The molecular weight excluding hydrogens is 354 g/mol. The summed E-state index contributed by atoms with van der Waals surface area (Å²) >= 11 is 0. The van der Waals surface area contributed by atoms with Gasteiger partial charge in [0.15, 0.2) is 0 Å². The first-order valence-corrected chi connectivity index (χ1v) is 9.59. The number of hydrogen-bond acceptors (Lipinski definition) is 4. The van der Waals surface area contributed by atoms with E-state index in [1.807, 2.05) is 24.3 Å². The zero-order chi connectivity index (χ0) is 20.4. The number of benzene rings is 2. The Hall–Kier alpha value is -2.86. The van der Waals surface area contributed by atoms with Gasteiger partial charge in [-0.3, -0.25) is 9.59 Å². The predicted octanol–water partition coefficient (Wildman–Crippen LogP) is 2.95. The van der Waals surface area contributed by atoms with Crippen molar-refractivity contribution in [2.75, 3.05) is 38.6 Å². The number of nitrogens with zero attached hydrogens (tertiary/aromatic N) is 1. The summed E-state index contributed by atoms with van der Waals surface area (Å²) in [6.07, 6.45) is 0.275. The van der Waals surface area contributed by atoms with E-state index in [2.05, 4.69) is 29.4 Å². The molecule has 0 bridgehead atoms. The summed E-state index contributed by atoms with van der Waals surface area (Å²) in [7, 11) is 1.61.